The summed E-state index contributed by atoms with van der Waals surface area (Å²) in [7, 11) is 0. The molecule has 3 aromatic heterocycles. The lowest BCUT2D eigenvalue weighted by Crippen LogP contribution is -2.43. The summed E-state index contributed by atoms with van der Waals surface area (Å²) in [6.07, 6.45) is 8.15. The molecule has 2 atom stereocenters. The molecule has 2 bridgehead atoms. The zero-order valence-electron chi connectivity index (χ0n) is 15.2. The fourth-order valence-corrected chi connectivity index (χ4v) is 4.90. The van der Waals surface area contributed by atoms with Crippen molar-refractivity contribution in [2.75, 3.05) is 19.6 Å². The maximum absolute atomic E-state index is 5.38. The summed E-state index contributed by atoms with van der Waals surface area (Å²) in [5.41, 5.74) is 4.30. The van der Waals surface area contributed by atoms with E-state index in [0.29, 0.717) is 17.6 Å². The molecule has 0 unspecified atom stereocenters. The minimum Gasteiger partial charge on any atom is -0.461 e. The summed E-state index contributed by atoms with van der Waals surface area (Å²) in [4.78, 5) is 18.7. The van der Waals surface area contributed by atoms with E-state index < -0.39 is 0 Å². The van der Waals surface area contributed by atoms with Crippen LogP contribution in [0.4, 0.5) is 0 Å². The van der Waals surface area contributed by atoms with E-state index in [2.05, 4.69) is 30.1 Å². The van der Waals surface area contributed by atoms with Gasteiger partial charge in [-0.1, -0.05) is 0 Å². The number of hydrogen-bond acceptors (Lipinski definition) is 7. The molecule has 3 aliphatic heterocycles. The Labute approximate surface area is 162 Å². The van der Waals surface area contributed by atoms with Crippen molar-refractivity contribution in [2.45, 2.75) is 32.0 Å². The highest BCUT2D eigenvalue weighted by Crippen LogP contribution is 2.30. The van der Waals surface area contributed by atoms with Crippen LogP contribution in [-0.2, 0) is 13.1 Å². The van der Waals surface area contributed by atoms with E-state index in [0.717, 1.165) is 32.1 Å². The SMILES string of the molecule is c1coc(-c2ncc(CN3C[C@@H]4CC[C@H]3CN(Cc3cscn3)C4)cn2)c1. The second-order valence-electron chi connectivity index (χ2n) is 7.59. The molecular weight excluding hydrogens is 358 g/mol. The lowest BCUT2D eigenvalue weighted by atomic mass is 9.95. The van der Waals surface area contributed by atoms with E-state index in [9.17, 15) is 0 Å². The van der Waals surface area contributed by atoms with Crippen molar-refractivity contribution in [2.24, 2.45) is 5.92 Å². The third kappa shape index (κ3) is 3.81. The molecule has 0 amide bonds. The first-order chi connectivity index (χ1) is 13.3. The van der Waals surface area contributed by atoms with Gasteiger partial charge in [0.2, 0.25) is 0 Å². The molecular formula is C20H23N5OS. The Bertz CT molecular complexity index is 849. The summed E-state index contributed by atoms with van der Waals surface area (Å²) >= 11 is 1.68. The van der Waals surface area contributed by atoms with Crippen molar-refractivity contribution >= 4 is 11.3 Å². The van der Waals surface area contributed by atoms with Crippen LogP contribution in [0.15, 0.2) is 46.1 Å². The molecule has 0 spiro atoms. The lowest BCUT2D eigenvalue weighted by molar-refractivity contribution is 0.123. The zero-order chi connectivity index (χ0) is 18.1. The molecule has 6 rings (SSSR count). The number of hydrogen-bond donors (Lipinski definition) is 0. The number of fused-ring (bicyclic) bond motifs is 4. The Morgan fingerprint density at radius 2 is 2.00 bits per heavy atom. The van der Waals surface area contributed by atoms with Gasteiger partial charge in [-0.3, -0.25) is 9.80 Å². The Morgan fingerprint density at radius 1 is 1.07 bits per heavy atom. The molecule has 3 fully saturated rings. The first kappa shape index (κ1) is 17.0. The van der Waals surface area contributed by atoms with Crippen molar-refractivity contribution < 1.29 is 4.42 Å². The molecule has 0 aliphatic carbocycles. The number of piperidine rings is 1. The predicted molar refractivity (Wildman–Crippen MR) is 104 cm³/mol. The Balaban J connectivity index is 1.26. The smallest absolute Gasteiger partial charge is 0.195 e. The van der Waals surface area contributed by atoms with Gasteiger partial charge in [-0.05, 0) is 30.9 Å². The van der Waals surface area contributed by atoms with Gasteiger partial charge in [0.1, 0.15) is 0 Å². The summed E-state index contributed by atoms with van der Waals surface area (Å²) in [6.45, 7) is 5.37. The average molecular weight is 382 g/mol. The molecule has 6 heterocycles. The first-order valence-electron chi connectivity index (χ1n) is 9.52. The van der Waals surface area contributed by atoms with Crippen LogP contribution in [-0.4, -0.2) is 50.4 Å². The maximum atomic E-state index is 5.38. The molecule has 0 aromatic carbocycles. The second kappa shape index (κ2) is 7.50. The first-order valence-corrected chi connectivity index (χ1v) is 10.5. The summed E-state index contributed by atoms with van der Waals surface area (Å²) in [6, 6.07) is 4.35. The van der Waals surface area contributed by atoms with Crippen LogP contribution in [0.3, 0.4) is 0 Å². The second-order valence-corrected chi connectivity index (χ2v) is 8.31. The van der Waals surface area contributed by atoms with Crippen LogP contribution >= 0.6 is 11.3 Å². The zero-order valence-corrected chi connectivity index (χ0v) is 16.0. The molecule has 3 saturated heterocycles. The van der Waals surface area contributed by atoms with Gasteiger partial charge in [0.05, 0.1) is 17.5 Å². The maximum Gasteiger partial charge on any atom is 0.195 e. The standard InChI is InChI=1S/C20H23N5OS/c1-2-19(26-5-1)20-21-6-16(7-22-20)10-25-9-15-3-4-18(25)12-24(8-15)11-17-13-27-14-23-17/h1-2,5-7,13-15,18H,3-4,8-12H2/t15-,18+/m1/s1. The average Bonchev–Trinajstić information content (AvgIpc) is 3.33. The van der Waals surface area contributed by atoms with Gasteiger partial charge in [0.15, 0.2) is 11.6 Å². The molecule has 3 aliphatic rings. The lowest BCUT2D eigenvalue weighted by Gasteiger charge is -2.36. The summed E-state index contributed by atoms with van der Waals surface area (Å²) in [5.74, 6) is 2.11. The van der Waals surface area contributed by atoms with Crippen molar-refractivity contribution in [1.29, 1.82) is 0 Å². The third-order valence-corrected chi connectivity index (χ3v) is 6.24. The molecule has 6 nitrogen and oxygen atoms in total. The summed E-state index contributed by atoms with van der Waals surface area (Å²) in [5, 5.41) is 2.17. The van der Waals surface area contributed by atoms with Crippen molar-refractivity contribution in [3.05, 3.63) is 52.9 Å². The fourth-order valence-electron chi connectivity index (χ4n) is 4.35. The highest BCUT2D eigenvalue weighted by molar-refractivity contribution is 7.07. The van der Waals surface area contributed by atoms with E-state index in [4.69, 9.17) is 4.42 Å². The Kier molecular flexibility index (Phi) is 4.73. The number of rotatable bonds is 5. The van der Waals surface area contributed by atoms with Crippen molar-refractivity contribution in [1.82, 2.24) is 24.8 Å². The minimum absolute atomic E-state index is 0.604. The van der Waals surface area contributed by atoms with Crippen LogP contribution in [0, 0.1) is 5.92 Å². The Morgan fingerprint density at radius 3 is 2.78 bits per heavy atom. The molecule has 140 valence electrons. The van der Waals surface area contributed by atoms with Crippen LogP contribution in [0.25, 0.3) is 11.6 Å². The molecule has 7 heteroatoms. The normalized spacial score (nSPS) is 23.6. The van der Waals surface area contributed by atoms with Crippen LogP contribution in [0.1, 0.15) is 24.1 Å². The van der Waals surface area contributed by atoms with E-state index in [1.165, 1.54) is 30.6 Å². The van der Waals surface area contributed by atoms with Gasteiger partial charge in [-0.2, -0.15) is 0 Å². The van der Waals surface area contributed by atoms with Crippen LogP contribution in [0.2, 0.25) is 0 Å². The third-order valence-electron chi connectivity index (χ3n) is 5.60. The van der Waals surface area contributed by atoms with Gasteiger partial charge >= 0.3 is 0 Å². The Hall–Kier alpha value is -2.09. The van der Waals surface area contributed by atoms with Crippen molar-refractivity contribution in [3.8, 4) is 11.6 Å². The summed E-state index contributed by atoms with van der Waals surface area (Å²) < 4.78 is 5.38. The van der Waals surface area contributed by atoms with Gasteiger partial charge in [0.25, 0.3) is 0 Å². The highest BCUT2D eigenvalue weighted by atomic mass is 32.1. The van der Waals surface area contributed by atoms with Gasteiger partial charge in [-0.15, -0.1) is 11.3 Å². The van der Waals surface area contributed by atoms with Gasteiger partial charge in [0, 0.05) is 62.1 Å². The number of thiazole rings is 1. The molecule has 0 radical (unpaired) electrons. The monoisotopic (exact) mass is 381 g/mol. The largest absolute Gasteiger partial charge is 0.461 e. The molecule has 0 saturated carbocycles. The molecule has 27 heavy (non-hydrogen) atoms. The van der Waals surface area contributed by atoms with E-state index in [1.807, 2.05) is 30.0 Å². The minimum atomic E-state index is 0.604. The quantitative estimate of drug-likeness (QED) is 0.676. The number of nitrogens with zero attached hydrogens (tertiary/aromatic N) is 5. The van der Waals surface area contributed by atoms with E-state index in [-0.39, 0.29) is 0 Å². The van der Waals surface area contributed by atoms with Gasteiger partial charge < -0.3 is 4.42 Å². The van der Waals surface area contributed by atoms with Crippen LogP contribution < -0.4 is 0 Å². The number of furan rings is 1. The van der Waals surface area contributed by atoms with E-state index in [1.54, 1.807) is 17.6 Å². The van der Waals surface area contributed by atoms with Crippen molar-refractivity contribution in [3.63, 3.8) is 0 Å². The highest BCUT2D eigenvalue weighted by Gasteiger charge is 2.34. The predicted octanol–water partition coefficient (Wildman–Crippen LogP) is 3.29. The molecule has 3 aromatic rings. The molecule has 0 N–H and O–H groups in total. The number of aromatic nitrogens is 3. The topological polar surface area (TPSA) is 58.3 Å². The van der Waals surface area contributed by atoms with Gasteiger partial charge in [-0.25, -0.2) is 15.0 Å². The van der Waals surface area contributed by atoms with Crippen LogP contribution in [0.5, 0.6) is 0 Å². The fraction of sp³-hybridized carbons (Fsp3) is 0.450. The van der Waals surface area contributed by atoms with E-state index >= 15 is 0 Å².